The molecule has 5 nitrogen and oxygen atoms in total. The minimum absolute atomic E-state index is 0.0575. The van der Waals surface area contributed by atoms with Gasteiger partial charge in [0.2, 0.25) is 0 Å². The predicted molar refractivity (Wildman–Crippen MR) is 50.9 cm³/mol. The molecule has 0 aliphatic carbocycles. The summed E-state index contributed by atoms with van der Waals surface area (Å²) in [6.07, 6.45) is 2.82. The lowest BCUT2D eigenvalue weighted by Crippen LogP contribution is -2.08. The summed E-state index contributed by atoms with van der Waals surface area (Å²) in [4.78, 5) is 3.93. The van der Waals surface area contributed by atoms with E-state index in [1.807, 2.05) is 6.92 Å². The molecule has 1 heterocycles. The molecule has 0 fully saturated rings. The zero-order valence-corrected chi connectivity index (χ0v) is 8.50. The van der Waals surface area contributed by atoms with E-state index < -0.39 is 9.84 Å². The molecule has 0 unspecified atom stereocenters. The SMILES string of the molecule is CCn1cc(N)nc1CS(C)(=O)=O. The van der Waals surface area contributed by atoms with Crippen molar-refractivity contribution < 1.29 is 8.42 Å². The number of rotatable bonds is 3. The Hall–Kier alpha value is -1.04. The van der Waals surface area contributed by atoms with Crippen LogP contribution in [-0.4, -0.2) is 24.2 Å². The van der Waals surface area contributed by atoms with Gasteiger partial charge in [0.05, 0.1) is 0 Å². The van der Waals surface area contributed by atoms with Crippen molar-refractivity contribution in [3.63, 3.8) is 0 Å². The van der Waals surface area contributed by atoms with Crippen LogP contribution in [0.1, 0.15) is 12.7 Å². The highest BCUT2D eigenvalue weighted by Crippen LogP contribution is 2.07. The molecule has 1 aromatic heterocycles. The van der Waals surface area contributed by atoms with Gasteiger partial charge in [0.25, 0.3) is 0 Å². The van der Waals surface area contributed by atoms with Crippen molar-refractivity contribution in [2.75, 3.05) is 12.0 Å². The third kappa shape index (κ3) is 2.73. The molecule has 1 rings (SSSR count). The van der Waals surface area contributed by atoms with E-state index in [9.17, 15) is 8.42 Å². The fraction of sp³-hybridized carbons (Fsp3) is 0.571. The van der Waals surface area contributed by atoms with Crippen LogP contribution in [-0.2, 0) is 22.1 Å². The molecular formula is C7H13N3O2S. The van der Waals surface area contributed by atoms with Crippen molar-refractivity contribution >= 4 is 15.7 Å². The molecule has 0 aromatic carbocycles. The van der Waals surface area contributed by atoms with Crippen molar-refractivity contribution in [2.24, 2.45) is 0 Å². The maximum atomic E-state index is 11.0. The van der Waals surface area contributed by atoms with Gasteiger partial charge >= 0.3 is 0 Å². The number of sulfone groups is 1. The molecule has 6 heteroatoms. The molecule has 0 saturated heterocycles. The Morgan fingerprint density at radius 2 is 2.23 bits per heavy atom. The Balaban J connectivity index is 3.00. The van der Waals surface area contributed by atoms with Gasteiger partial charge in [0.1, 0.15) is 17.4 Å². The molecule has 0 bridgehead atoms. The fourth-order valence-electron chi connectivity index (χ4n) is 1.10. The van der Waals surface area contributed by atoms with Crippen LogP contribution in [0.2, 0.25) is 0 Å². The van der Waals surface area contributed by atoms with Crippen LogP contribution in [0.15, 0.2) is 6.20 Å². The van der Waals surface area contributed by atoms with E-state index in [1.165, 1.54) is 6.26 Å². The first-order chi connectivity index (χ1) is 5.92. The maximum absolute atomic E-state index is 11.0. The summed E-state index contributed by atoms with van der Waals surface area (Å²) in [6.45, 7) is 2.59. The van der Waals surface area contributed by atoms with Crippen LogP contribution in [0, 0.1) is 0 Å². The average molecular weight is 203 g/mol. The highest BCUT2D eigenvalue weighted by molar-refractivity contribution is 7.89. The molecule has 0 saturated carbocycles. The Kier molecular flexibility index (Phi) is 2.60. The normalized spacial score (nSPS) is 11.8. The van der Waals surface area contributed by atoms with E-state index in [1.54, 1.807) is 10.8 Å². The summed E-state index contributed by atoms with van der Waals surface area (Å²) in [6, 6.07) is 0. The number of nitrogen functional groups attached to an aromatic ring is 1. The topological polar surface area (TPSA) is 78.0 Å². The summed E-state index contributed by atoms with van der Waals surface area (Å²) < 4.78 is 23.7. The second-order valence-electron chi connectivity index (χ2n) is 2.94. The molecule has 13 heavy (non-hydrogen) atoms. The van der Waals surface area contributed by atoms with E-state index in [2.05, 4.69) is 4.98 Å². The summed E-state index contributed by atoms with van der Waals surface area (Å²) in [5, 5.41) is 0. The van der Waals surface area contributed by atoms with Gasteiger partial charge in [-0.25, -0.2) is 13.4 Å². The largest absolute Gasteiger partial charge is 0.382 e. The standard InChI is InChI=1S/C7H13N3O2S/c1-3-10-4-6(8)9-7(10)5-13(2,11)12/h4H,3,5,8H2,1-2H3. The number of aryl methyl sites for hydroxylation is 1. The molecule has 0 atom stereocenters. The van der Waals surface area contributed by atoms with Gasteiger partial charge in [-0.2, -0.15) is 0 Å². The number of nitrogens with zero attached hydrogens (tertiary/aromatic N) is 2. The lowest BCUT2D eigenvalue weighted by Gasteiger charge is -2.01. The maximum Gasteiger partial charge on any atom is 0.154 e. The first kappa shape index (κ1) is 10.0. The van der Waals surface area contributed by atoms with E-state index in [4.69, 9.17) is 5.73 Å². The van der Waals surface area contributed by atoms with E-state index in [0.717, 1.165) is 0 Å². The van der Waals surface area contributed by atoms with Crippen LogP contribution in [0.25, 0.3) is 0 Å². The second-order valence-corrected chi connectivity index (χ2v) is 5.08. The van der Waals surface area contributed by atoms with E-state index in [-0.39, 0.29) is 5.75 Å². The Morgan fingerprint density at radius 3 is 2.69 bits per heavy atom. The zero-order chi connectivity index (χ0) is 10.1. The van der Waals surface area contributed by atoms with Crippen molar-refractivity contribution in [1.29, 1.82) is 0 Å². The highest BCUT2D eigenvalue weighted by Gasteiger charge is 2.10. The summed E-state index contributed by atoms with van der Waals surface area (Å²) in [5.74, 6) is 0.806. The monoisotopic (exact) mass is 203 g/mol. The zero-order valence-electron chi connectivity index (χ0n) is 7.69. The summed E-state index contributed by atoms with van der Waals surface area (Å²) in [5.41, 5.74) is 5.45. The summed E-state index contributed by atoms with van der Waals surface area (Å²) >= 11 is 0. The lowest BCUT2D eigenvalue weighted by molar-refractivity contribution is 0.596. The number of imidazole rings is 1. The molecule has 1 aromatic rings. The Morgan fingerprint density at radius 1 is 1.62 bits per heavy atom. The quantitative estimate of drug-likeness (QED) is 0.751. The van der Waals surface area contributed by atoms with Crippen LogP contribution < -0.4 is 5.73 Å². The van der Waals surface area contributed by atoms with Crippen LogP contribution in [0.5, 0.6) is 0 Å². The Labute approximate surface area is 77.5 Å². The van der Waals surface area contributed by atoms with Crippen LogP contribution >= 0.6 is 0 Å². The third-order valence-electron chi connectivity index (χ3n) is 1.61. The molecular weight excluding hydrogens is 190 g/mol. The van der Waals surface area contributed by atoms with Crippen molar-refractivity contribution in [2.45, 2.75) is 19.2 Å². The minimum atomic E-state index is -3.04. The number of nitrogens with two attached hydrogens (primary N) is 1. The van der Waals surface area contributed by atoms with Gasteiger partial charge < -0.3 is 10.3 Å². The molecule has 0 radical (unpaired) electrons. The van der Waals surface area contributed by atoms with E-state index >= 15 is 0 Å². The molecule has 0 amide bonds. The van der Waals surface area contributed by atoms with Crippen molar-refractivity contribution in [3.05, 3.63) is 12.0 Å². The van der Waals surface area contributed by atoms with Gasteiger partial charge in [-0.15, -0.1) is 0 Å². The van der Waals surface area contributed by atoms with Crippen LogP contribution in [0.4, 0.5) is 5.82 Å². The predicted octanol–water partition coefficient (Wildman–Crippen LogP) is 0.0298. The van der Waals surface area contributed by atoms with Crippen LogP contribution in [0.3, 0.4) is 0 Å². The third-order valence-corrected chi connectivity index (χ3v) is 2.39. The highest BCUT2D eigenvalue weighted by atomic mass is 32.2. The first-order valence-corrected chi connectivity index (χ1v) is 5.97. The smallest absolute Gasteiger partial charge is 0.154 e. The summed E-state index contributed by atoms with van der Waals surface area (Å²) in [7, 11) is -3.04. The molecule has 0 aliphatic rings. The average Bonchev–Trinajstić information content (AvgIpc) is 2.27. The van der Waals surface area contributed by atoms with Crippen molar-refractivity contribution in [3.8, 4) is 0 Å². The number of aromatic nitrogens is 2. The number of hydrogen-bond acceptors (Lipinski definition) is 4. The molecule has 2 N–H and O–H groups in total. The van der Waals surface area contributed by atoms with Crippen molar-refractivity contribution in [1.82, 2.24) is 9.55 Å². The van der Waals surface area contributed by atoms with Gasteiger partial charge in [-0.3, -0.25) is 0 Å². The van der Waals surface area contributed by atoms with E-state index in [0.29, 0.717) is 18.2 Å². The number of hydrogen-bond donors (Lipinski definition) is 1. The first-order valence-electron chi connectivity index (χ1n) is 3.91. The molecule has 0 aliphatic heterocycles. The van der Waals surface area contributed by atoms with Gasteiger partial charge in [-0.05, 0) is 6.92 Å². The molecule has 74 valence electrons. The van der Waals surface area contributed by atoms with Gasteiger partial charge in [0.15, 0.2) is 9.84 Å². The number of anilines is 1. The minimum Gasteiger partial charge on any atom is -0.382 e. The fourth-order valence-corrected chi connectivity index (χ4v) is 1.80. The van der Waals surface area contributed by atoms with Gasteiger partial charge in [-0.1, -0.05) is 0 Å². The van der Waals surface area contributed by atoms with Gasteiger partial charge in [0, 0.05) is 19.0 Å². The Bertz CT molecular complexity index is 394. The molecule has 0 spiro atoms. The second kappa shape index (κ2) is 3.37. The lowest BCUT2D eigenvalue weighted by atomic mass is 10.6.